The molecule has 0 fully saturated rings. The van der Waals surface area contributed by atoms with Gasteiger partial charge < -0.3 is 39.4 Å². The number of allylic oxidation sites excluding steroid dienone is 1. The Bertz CT molecular complexity index is 1910. The summed E-state index contributed by atoms with van der Waals surface area (Å²) in [4.78, 5) is 24.7. The number of aliphatic hydroxyl groups excluding tert-OH is 1. The van der Waals surface area contributed by atoms with Crippen molar-refractivity contribution < 1.29 is 38.4 Å². The summed E-state index contributed by atoms with van der Waals surface area (Å²) in [5.74, 6) is 1.39. The van der Waals surface area contributed by atoms with E-state index in [2.05, 4.69) is 74.1 Å². The number of ether oxygens (including phenoxy) is 5. The van der Waals surface area contributed by atoms with Gasteiger partial charge in [-0.2, -0.15) is 5.10 Å². The summed E-state index contributed by atoms with van der Waals surface area (Å²) in [5.41, 5.74) is 5.71. The molecule has 0 unspecified atom stereocenters. The molecule has 0 bridgehead atoms. The maximum Gasteiger partial charge on any atom is 0.337 e. The number of fused-ring (bicyclic) bond motifs is 1. The van der Waals surface area contributed by atoms with Gasteiger partial charge in [-0.1, -0.05) is 42.5 Å². The average Bonchev–Trinajstić information content (AvgIpc) is 3.10. The molecule has 0 saturated heterocycles. The molecule has 1 heterocycles. The number of nitrogens with one attached hydrogen (secondary N) is 3. The number of carbonyl (C=O) groups excluding carboxylic acids is 2. The fourth-order valence-corrected chi connectivity index (χ4v) is 6.15. The second-order valence-electron chi connectivity index (χ2n) is 11.1. The summed E-state index contributed by atoms with van der Waals surface area (Å²) >= 11 is 2.21. The molecule has 0 aliphatic carbocycles. The highest BCUT2D eigenvalue weighted by molar-refractivity contribution is 14.1. The van der Waals surface area contributed by atoms with E-state index in [9.17, 15) is 14.7 Å². The minimum absolute atomic E-state index is 0.156. The van der Waals surface area contributed by atoms with Crippen molar-refractivity contribution in [2.75, 3.05) is 26.9 Å². The highest BCUT2D eigenvalue weighted by atomic mass is 127. The van der Waals surface area contributed by atoms with Crippen molar-refractivity contribution in [3.05, 3.63) is 104 Å². The van der Waals surface area contributed by atoms with Gasteiger partial charge in [0, 0.05) is 5.70 Å². The second-order valence-corrected chi connectivity index (χ2v) is 12.3. The predicted octanol–water partition coefficient (Wildman–Crippen LogP) is 5.94. The summed E-state index contributed by atoms with van der Waals surface area (Å²) in [7, 11) is 1.28. The van der Waals surface area contributed by atoms with Gasteiger partial charge in [0.05, 0.1) is 41.7 Å². The molecule has 2 amide bonds. The normalized spacial score (nSPS) is 14.9. The fraction of sp³-hybridized carbons (Fsp3) is 0.270. The summed E-state index contributed by atoms with van der Waals surface area (Å²) in [6.07, 6.45) is 0.416. The van der Waals surface area contributed by atoms with Gasteiger partial charge in [0.1, 0.15) is 13.2 Å². The van der Waals surface area contributed by atoms with Crippen LogP contribution in [0, 0.1) is 3.57 Å². The molecule has 5 rings (SSSR count). The third-order valence-electron chi connectivity index (χ3n) is 7.64. The lowest BCUT2D eigenvalue weighted by molar-refractivity contribution is -0.136. The van der Waals surface area contributed by atoms with Crippen molar-refractivity contribution >= 4 is 51.6 Å². The van der Waals surface area contributed by atoms with E-state index in [1.54, 1.807) is 31.3 Å². The van der Waals surface area contributed by atoms with Gasteiger partial charge in [-0.25, -0.2) is 9.59 Å². The molecule has 0 saturated carbocycles. The Kier molecular flexibility index (Phi) is 12.4. The Morgan fingerprint density at radius 1 is 0.960 bits per heavy atom. The number of halogens is 1. The number of methoxy groups -OCH3 is 1. The minimum atomic E-state index is -1.16. The lowest BCUT2D eigenvalue weighted by atomic mass is 9.95. The summed E-state index contributed by atoms with van der Waals surface area (Å²) in [6, 6.07) is 22.0. The molecule has 4 aromatic carbocycles. The van der Waals surface area contributed by atoms with Crippen LogP contribution in [0.25, 0.3) is 10.8 Å². The fourth-order valence-electron chi connectivity index (χ4n) is 5.37. The van der Waals surface area contributed by atoms with E-state index in [-0.39, 0.29) is 12.2 Å². The summed E-state index contributed by atoms with van der Waals surface area (Å²) in [5, 5.41) is 22.5. The van der Waals surface area contributed by atoms with Crippen molar-refractivity contribution in [1.29, 1.82) is 0 Å². The van der Waals surface area contributed by atoms with Crippen LogP contribution in [0.1, 0.15) is 43.5 Å². The van der Waals surface area contributed by atoms with Gasteiger partial charge in [-0.15, -0.1) is 0 Å². The molecule has 1 aliphatic heterocycles. The molecule has 4 N–H and O–H groups in total. The second kappa shape index (κ2) is 17.1. The third kappa shape index (κ3) is 8.95. The molecule has 262 valence electrons. The van der Waals surface area contributed by atoms with Crippen molar-refractivity contribution in [2.24, 2.45) is 5.10 Å². The van der Waals surface area contributed by atoms with Gasteiger partial charge in [0.15, 0.2) is 29.2 Å². The van der Waals surface area contributed by atoms with Crippen molar-refractivity contribution in [1.82, 2.24) is 16.1 Å². The first-order valence-electron chi connectivity index (χ1n) is 16.0. The molecule has 0 spiro atoms. The smallest absolute Gasteiger partial charge is 0.337 e. The predicted molar refractivity (Wildman–Crippen MR) is 198 cm³/mol. The molecular formula is C37H39IN4O8. The van der Waals surface area contributed by atoms with Crippen LogP contribution < -0.4 is 35.0 Å². The molecule has 50 heavy (non-hydrogen) atoms. The van der Waals surface area contributed by atoms with E-state index in [1.807, 2.05) is 38.1 Å². The highest BCUT2D eigenvalue weighted by Gasteiger charge is 2.32. The van der Waals surface area contributed by atoms with E-state index in [4.69, 9.17) is 23.7 Å². The molecule has 2 atom stereocenters. The minimum Gasteiger partial charge on any atom is -0.490 e. The molecule has 12 nitrogen and oxygen atoms in total. The topological polar surface area (TPSA) is 149 Å². The number of urea groups is 1. The highest BCUT2D eigenvalue weighted by Crippen LogP contribution is 2.36. The van der Waals surface area contributed by atoms with Crippen molar-refractivity contribution in [3.8, 4) is 23.0 Å². The first-order chi connectivity index (χ1) is 24.2. The summed E-state index contributed by atoms with van der Waals surface area (Å²) < 4.78 is 29.5. The number of esters is 1. The first kappa shape index (κ1) is 36.3. The van der Waals surface area contributed by atoms with Crippen LogP contribution in [0.4, 0.5) is 4.79 Å². The van der Waals surface area contributed by atoms with Crippen molar-refractivity contribution in [2.45, 2.75) is 39.6 Å². The number of hydrogen-bond acceptors (Lipinski definition) is 10. The van der Waals surface area contributed by atoms with Crippen molar-refractivity contribution in [3.63, 3.8) is 0 Å². The zero-order valence-electron chi connectivity index (χ0n) is 28.1. The largest absolute Gasteiger partial charge is 0.490 e. The first-order valence-corrected chi connectivity index (χ1v) is 17.1. The number of aliphatic hydroxyl groups is 1. The Hall–Kier alpha value is -5.02. The Morgan fingerprint density at radius 3 is 2.48 bits per heavy atom. The van der Waals surface area contributed by atoms with E-state index >= 15 is 0 Å². The van der Waals surface area contributed by atoms with Gasteiger partial charge in [0.2, 0.25) is 0 Å². The lowest BCUT2D eigenvalue weighted by Crippen LogP contribution is -2.45. The van der Waals surface area contributed by atoms with Gasteiger partial charge in [-0.3, -0.25) is 5.43 Å². The number of hydrazone groups is 1. The number of nitrogens with zero attached hydrogens (tertiary/aromatic N) is 1. The Balaban J connectivity index is 1.21. The van der Waals surface area contributed by atoms with Crippen LogP contribution in [-0.2, 0) is 16.1 Å². The number of carbonyl (C=O) groups is 2. The van der Waals surface area contributed by atoms with E-state index < -0.39 is 24.3 Å². The van der Waals surface area contributed by atoms with E-state index in [1.165, 1.54) is 12.5 Å². The van der Waals surface area contributed by atoms with Crippen LogP contribution in [0.5, 0.6) is 23.0 Å². The third-order valence-corrected chi connectivity index (χ3v) is 8.44. The molecule has 0 radical (unpaired) electrons. The van der Waals surface area contributed by atoms with Gasteiger partial charge >= 0.3 is 12.0 Å². The Morgan fingerprint density at radius 2 is 1.72 bits per heavy atom. The zero-order chi connectivity index (χ0) is 35.6. The quantitative estimate of drug-likeness (QED) is 0.0377. The van der Waals surface area contributed by atoms with E-state index in [0.717, 1.165) is 20.1 Å². The maximum atomic E-state index is 12.5. The molecular weight excluding hydrogens is 755 g/mol. The van der Waals surface area contributed by atoms with Crippen LogP contribution >= 0.6 is 22.6 Å². The van der Waals surface area contributed by atoms with Crippen LogP contribution in [-0.4, -0.2) is 56.5 Å². The number of amides is 2. The van der Waals surface area contributed by atoms with Gasteiger partial charge in [-0.05, 0) is 101 Å². The van der Waals surface area contributed by atoms with E-state index in [0.29, 0.717) is 54.1 Å². The monoisotopic (exact) mass is 794 g/mol. The molecule has 1 aliphatic rings. The van der Waals surface area contributed by atoms with Crippen LogP contribution in [0.2, 0.25) is 0 Å². The van der Waals surface area contributed by atoms with Crippen LogP contribution in [0.15, 0.2) is 89.2 Å². The Labute approximate surface area is 303 Å². The number of hydrogen-bond donors (Lipinski definition) is 4. The lowest BCUT2D eigenvalue weighted by Gasteiger charge is -2.28. The zero-order valence-corrected chi connectivity index (χ0v) is 30.3. The average molecular weight is 795 g/mol. The van der Waals surface area contributed by atoms with Crippen LogP contribution in [0.3, 0.4) is 0 Å². The van der Waals surface area contributed by atoms with Gasteiger partial charge in [0.25, 0.3) is 0 Å². The summed E-state index contributed by atoms with van der Waals surface area (Å²) in [6.45, 7) is 6.37. The molecule has 0 aromatic heterocycles. The number of benzene rings is 4. The standard InChI is InChI=1S/C37H39IN4O8/c1-5-47-30-18-27(34-33(36(44)46-4)22(3)40-37(45)41-34)13-14-29(30)49-21-32(43)42-39-19-24-16-28(38)35(31(17-24)48-6-2)50-20-23-11-12-25-9-7-8-10-26(25)15-23/h7-19,32,34,42-43H,5-6,20-21H2,1-4H3,(H2,40,41,45)/b39-19-/t32-,34-/m0/s1. The number of rotatable bonds is 15. The molecule has 13 heteroatoms. The maximum absolute atomic E-state index is 12.5. The SMILES string of the molecule is CCOc1cc([C@@H]2NC(=O)NC(C)=C2C(=O)OC)ccc1OC[C@H](O)N/N=C\c1cc(I)c(OCc2ccc3ccccc3c2)c(OCC)c1. The molecule has 4 aromatic rings.